The third-order valence-electron chi connectivity index (χ3n) is 0. The quantitative estimate of drug-likeness (QED) is 0.495. The number of hydrogen-bond donors (Lipinski definition) is 0. The fourth-order valence-electron chi connectivity index (χ4n) is 0. The van der Waals surface area contributed by atoms with Gasteiger partial charge in [0.15, 0.2) is 0 Å². The van der Waals surface area contributed by atoms with Gasteiger partial charge in [-0.1, -0.05) is 13.8 Å². The molecular formula is C2H11Br2F5O2S. The minimum atomic E-state index is -3.04. The fourth-order valence-corrected chi connectivity index (χ4v) is 0. The van der Waals surface area contributed by atoms with Gasteiger partial charge in [0, 0.05) is 0 Å². The first-order valence-corrected chi connectivity index (χ1v) is 6.81. The van der Waals surface area contributed by atoms with Gasteiger partial charge in [-0.2, -0.15) is 0 Å². The summed E-state index contributed by atoms with van der Waals surface area (Å²) < 4.78 is 18.9. The summed E-state index contributed by atoms with van der Waals surface area (Å²) in [6.07, 6.45) is 0. The lowest BCUT2D eigenvalue weighted by atomic mass is 11.0. The topological polar surface area (TPSA) is 34.1 Å². The first kappa shape index (κ1) is 54.3. The van der Waals surface area contributed by atoms with Crippen LogP contribution in [0.5, 0.6) is 0 Å². The van der Waals surface area contributed by atoms with Gasteiger partial charge >= 0.3 is 0 Å². The Morgan fingerprint density at radius 3 is 0.750 bits per heavy atom. The smallest absolute Gasteiger partial charge is 0.268 e. The summed E-state index contributed by atoms with van der Waals surface area (Å²) >= 11 is 4.53. The molecular weight excluding hydrogens is 343 g/mol. The van der Waals surface area contributed by atoms with E-state index in [4.69, 9.17) is 0 Å². The summed E-state index contributed by atoms with van der Waals surface area (Å²) in [6, 6.07) is 0. The van der Waals surface area contributed by atoms with Crippen molar-refractivity contribution in [2.75, 3.05) is 0 Å². The lowest BCUT2D eigenvalue weighted by Crippen LogP contribution is -1.60. The predicted molar refractivity (Wildman–Crippen MR) is 50.6 cm³/mol. The number of rotatable bonds is 0. The maximum absolute atomic E-state index is 9.47. The second-order valence-corrected chi connectivity index (χ2v) is 8.86. The highest BCUT2D eigenvalue weighted by atomic mass is 79.9. The van der Waals surface area contributed by atoms with Gasteiger partial charge in [-0.3, -0.25) is 23.5 Å². The van der Waals surface area contributed by atoms with E-state index in [9.17, 15) is 8.42 Å². The maximum atomic E-state index is 9.47. The monoisotopic (exact) mass is 352 g/mol. The molecule has 2 nitrogen and oxygen atoms in total. The minimum Gasteiger partial charge on any atom is -0.269 e. The molecule has 0 radical (unpaired) electrons. The lowest BCUT2D eigenvalue weighted by molar-refractivity contribution is 0.625. The van der Waals surface area contributed by atoms with Crippen LogP contribution >= 0.6 is 29.6 Å². The molecule has 0 aromatic heterocycles. The van der Waals surface area contributed by atoms with Crippen LogP contribution in [0.25, 0.3) is 0 Å². The van der Waals surface area contributed by atoms with E-state index in [-0.39, 0.29) is 23.5 Å². The molecule has 0 aliphatic rings. The second-order valence-electron chi connectivity index (χ2n) is 0.378. The van der Waals surface area contributed by atoms with Gasteiger partial charge < -0.3 is 0 Å². The third kappa shape index (κ3) is 3080. The van der Waals surface area contributed by atoms with Crippen molar-refractivity contribution >= 4 is 36.3 Å². The third-order valence-corrected chi connectivity index (χ3v) is 0. The lowest BCUT2D eigenvalue weighted by Gasteiger charge is -1.62. The summed E-state index contributed by atoms with van der Waals surface area (Å²) in [5.74, 6) is 0. The van der Waals surface area contributed by atoms with Crippen LogP contribution in [-0.4, -0.2) is 8.42 Å². The average Bonchev–Trinajstić information content (AvgIpc) is 1.36. The van der Waals surface area contributed by atoms with E-state index in [1.54, 1.807) is 0 Å². The van der Waals surface area contributed by atoms with Gasteiger partial charge in [0.2, 0.25) is 0 Å². The standard InChI is InChI=1S/C2H6.Br2O2S.5FH/c1-2;1-5(2,3)4;;;;;/h1-2H3;;5*1H. The normalized spacial score (nSPS) is 5.33. The first-order valence-electron chi connectivity index (χ1n) is 1.64. The maximum Gasteiger partial charge on any atom is 0.268 e. The Morgan fingerprint density at radius 1 is 0.750 bits per heavy atom. The van der Waals surface area contributed by atoms with Gasteiger partial charge in [-0.15, -0.1) is 0 Å². The second kappa shape index (κ2) is 30.0. The Labute approximate surface area is 82.3 Å². The molecule has 0 atom stereocenters. The van der Waals surface area contributed by atoms with Crippen LogP contribution in [0.15, 0.2) is 0 Å². The molecule has 0 unspecified atom stereocenters. The highest BCUT2D eigenvalue weighted by Crippen LogP contribution is 2.06. The van der Waals surface area contributed by atoms with Crippen molar-refractivity contribution in [2.24, 2.45) is 0 Å². The summed E-state index contributed by atoms with van der Waals surface area (Å²) in [5.41, 5.74) is 0. The van der Waals surface area contributed by atoms with Crippen LogP contribution in [-0.2, 0) is 6.70 Å². The Balaban J connectivity index is -0.00000000671. The number of hydrogen-bond acceptors (Lipinski definition) is 2. The zero-order valence-corrected chi connectivity index (χ0v) is 10.0. The molecule has 0 aliphatic carbocycles. The van der Waals surface area contributed by atoms with Gasteiger partial charge in [-0.25, -0.2) is 8.42 Å². The molecule has 0 aromatic carbocycles. The molecule has 0 spiro atoms. The van der Waals surface area contributed by atoms with Crippen molar-refractivity contribution in [3.8, 4) is 0 Å². The van der Waals surface area contributed by atoms with Gasteiger partial charge in [0.1, 0.15) is 0 Å². The average molecular weight is 354 g/mol. The largest absolute Gasteiger partial charge is 0.269 e. The summed E-state index contributed by atoms with van der Waals surface area (Å²) in [6.45, 7) is 0.958. The van der Waals surface area contributed by atoms with E-state index in [1.807, 2.05) is 13.8 Å². The van der Waals surface area contributed by atoms with Crippen LogP contribution < -0.4 is 0 Å². The predicted octanol–water partition coefficient (Wildman–Crippen LogP) is 2.81. The molecule has 0 N–H and O–H groups in total. The molecule has 12 heavy (non-hydrogen) atoms. The van der Waals surface area contributed by atoms with E-state index >= 15 is 0 Å². The van der Waals surface area contributed by atoms with Crippen molar-refractivity contribution < 1.29 is 31.9 Å². The van der Waals surface area contributed by atoms with E-state index in [2.05, 4.69) is 29.6 Å². The Kier molecular flexibility index (Phi) is 136. The molecule has 0 saturated heterocycles. The molecule has 86 valence electrons. The molecule has 0 amide bonds. The van der Waals surface area contributed by atoms with Gasteiger partial charge in [-0.05, 0) is 0 Å². The van der Waals surface area contributed by atoms with Gasteiger partial charge in [0.05, 0.1) is 29.6 Å². The van der Waals surface area contributed by atoms with Crippen molar-refractivity contribution in [3.05, 3.63) is 0 Å². The van der Waals surface area contributed by atoms with Crippen LogP contribution in [0.2, 0.25) is 0 Å². The van der Waals surface area contributed by atoms with Crippen molar-refractivity contribution in [1.82, 2.24) is 0 Å². The van der Waals surface area contributed by atoms with Crippen LogP contribution in [0.3, 0.4) is 0 Å². The Hall–Kier alpha value is 0.560. The molecule has 0 rings (SSSR count). The molecule has 0 aromatic rings. The van der Waals surface area contributed by atoms with E-state index in [0.29, 0.717) is 0 Å². The zero-order chi connectivity index (χ0) is 6.50. The van der Waals surface area contributed by atoms with E-state index in [0.717, 1.165) is 0 Å². The molecule has 0 aliphatic heterocycles. The molecule has 0 bridgehead atoms. The highest BCUT2D eigenvalue weighted by Gasteiger charge is 1.87. The highest BCUT2D eigenvalue weighted by molar-refractivity contribution is 9.79. The van der Waals surface area contributed by atoms with E-state index < -0.39 is 6.70 Å². The van der Waals surface area contributed by atoms with Crippen LogP contribution in [0, 0.1) is 0 Å². The van der Waals surface area contributed by atoms with E-state index in [1.165, 1.54) is 0 Å². The minimum absolute atomic E-state index is 0. The summed E-state index contributed by atoms with van der Waals surface area (Å²) in [5, 5.41) is 0. The molecule has 0 heterocycles. The Morgan fingerprint density at radius 2 is 0.750 bits per heavy atom. The summed E-state index contributed by atoms with van der Waals surface area (Å²) in [7, 11) is 0. The van der Waals surface area contributed by atoms with Crippen molar-refractivity contribution in [1.29, 1.82) is 0 Å². The van der Waals surface area contributed by atoms with Gasteiger partial charge in [0.25, 0.3) is 6.70 Å². The molecule has 10 heteroatoms. The van der Waals surface area contributed by atoms with Crippen LogP contribution in [0.4, 0.5) is 23.5 Å². The number of halogens is 7. The van der Waals surface area contributed by atoms with Crippen molar-refractivity contribution in [2.45, 2.75) is 13.8 Å². The Bertz CT molecular complexity index is 109. The molecule has 0 fully saturated rings. The first-order chi connectivity index (χ1) is 3.00. The zero-order valence-electron chi connectivity index (χ0n) is 6.02. The summed E-state index contributed by atoms with van der Waals surface area (Å²) in [4.78, 5) is 0. The fraction of sp³-hybridized carbons (Fsp3) is 1.00. The SMILES string of the molecule is CC.F.F.F.F.F.O=S(=O)(Br)Br. The van der Waals surface area contributed by atoms with Crippen LogP contribution in [0.1, 0.15) is 13.8 Å². The van der Waals surface area contributed by atoms with Crippen molar-refractivity contribution in [3.63, 3.8) is 0 Å². The molecule has 0 saturated carbocycles.